The number of methoxy groups -OCH3 is 1. The smallest absolute Gasteiger partial charge is 0.413 e. The Hall–Kier alpha value is -3.18. The van der Waals surface area contributed by atoms with Crippen LogP contribution in [-0.2, 0) is 14.8 Å². The van der Waals surface area contributed by atoms with E-state index in [0.29, 0.717) is 38.4 Å². The van der Waals surface area contributed by atoms with Crippen molar-refractivity contribution >= 4 is 60.0 Å². The van der Waals surface area contributed by atoms with Gasteiger partial charge in [0.1, 0.15) is 17.9 Å². The molecule has 1 unspecified atom stereocenters. The molecule has 0 bridgehead atoms. The number of hydrogen-bond acceptors (Lipinski definition) is 13. The van der Waals surface area contributed by atoms with E-state index in [9.17, 15) is 13.2 Å². The van der Waals surface area contributed by atoms with Crippen LogP contribution in [0.2, 0.25) is 0 Å². The van der Waals surface area contributed by atoms with Gasteiger partial charge in [-0.05, 0) is 27.7 Å². The maximum absolute atomic E-state index is 13.3. The van der Waals surface area contributed by atoms with Crippen LogP contribution in [0.3, 0.4) is 0 Å². The van der Waals surface area contributed by atoms with Gasteiger partial charge >= 0.3 is 6.09 Å². The monoisotopic (exact) mass is 606 g/mol. The number of thiazole rings is 1. The molecule has 0 radical (unpaired) electrons. The molecule has 0 aromatic carbocycles. The van der Waals surface area contributed by atoms with Crippen LogP contribution in [0.5, 0.6) is 0 Å². The Morgan fingerprint density at radius 2 is 1.93 bits per heavy atom. The van der Waals surface area contributed by atoms with Gasteiger partial charge in [0.2, 0.25) is 0 Å². The number of piperazine rings is 1. The molecule has 5 heterocycles. The summed E-state index contributed by atoms with van der Waals surface area (Å²) in [7, 11) is -2.50. The van der Waals surface area contributed by atoms with Crippen LogP contribution >= 0.6 is 22.7 Å². The minimum atomic E-state index is -3.73. The van der Waals surface area contributed by atoms with Gasteiger partial charge in [0.25, 0.3) is 10.0 Å². The van der Waals surface area contributed by atoms with Crippen molar-refractivity contribution in [2.45, 2.75) is 37.9 Å². The topological polar surface area (TPSA) is 156 Å². The summed E-state index contributed by atoms with van der Waals surface area (Å²) in [5.41, 5.74) is 3.96. The van der Waals surface area contributed by atoms with Crippen molar-refractivity contribution in [3.8, 4) is 11.1 Å². The molecule has 1 aliphatic heterocycles. The molecular formula is C24H30N8O5S3. The Kier molecular flexibility index (Phi) is 8.05. The average molecular weight is 607 g/mol. The quantitative estimate of drug-likeness (QED) is 0.301. The molecular weight excluding hydrogens is 577 g/mol. The van der Waals surface area contributed by atoms with E-state index >= 15 is 0 Å². The lowest BCUT2D eigenvalue weighted by atomic mass is 10.1. The summed E-state index contributed by atoms with van der Waals surface area (Å²) in [5, 5.41) is 12.3. The molecule has 5 rings (SSSR count). The summed E-state index contributed by atoms with van der Waals surface area (Å²) >= 11 is 2.50. The molecule has 16 heteroatoms. The molecule has 1 saturated heterocycles. The number of fused-ring (bicyclic) bond motifs is 1. The largest absolute Gasteiger partial charge is 0.453 e. The van der Waals surface area contributed by atoms with Crippen LogP contribution in [0, 0.1) is 20.8 Å². The van der Waals surface area contributed by atoms with E-state index in [0.717, 1.165) is 50.0 Å². The van der Waals surface area contributed by atoms with Gasteiger partial charge in [-0.25, -0.2) is 28.2 Å². The second-order valence-electron chi connectivity index (χ2n) is 9.51. The zero-order valence-corrected chi connectivity index (χ0v) is 25.2. The molecule has 4 aromatic rings. The van der Waals surface area contributed by atoms with Gasteiger partial charge in [-0.15, -0.1) is 11.3 Å². The second kappa shape index (κ2) is 11.4. The van der Waals surface area contributed by atoms with Crippen molar-refractivity contribution in [1.82, 2.24) is 29.3 Å². The number of amides is 1. The van der Waals surface area contributed by atoms with Crippen LogP contribution in [0.15, 0.2) is 20.4 Å². The second-order valence-corrected chi connectivity index (χ2v) is 13.5. The van der Waals surface area contributed by atoms with Crippen molar-refractivity contribution in [3.63, 3.8) is 0 Å². The van der Waals surface area contributed by atoms with Crippen LogP contribution in [0.1, 0.15) is 24.1 Å². The maximum Gasteiger partial charge on any atom is 0.413 e. The number of hydrogen-bond donors (Lipinski definition) is 2. The van der Waals surface area contributed by atoms with Gasteiger partial charge in [0.05, 0.1) is 34.3 Å². The fraction of sp³-hybridized carbons (Fsp3) is 0.458. The molecule has 2 N–H and O–H groups in total. The number of sulfonamides is 1. The number of carbonyl (C=O) groups excluding carboxylic acids is 1. The van der Waals surface area contributed by atoms with Crippen LogP contribution in [-0.4, -0.2) is 89.7 Å². The molecule has 0 saturated carbocycles. The molecule has 1 atom stereocenters. The number of aromatic nitrogens is 4. The Morgan fingerprint density at radius 3 is 2.60 bits per heavy atom. The molecule has 214 valence electrons. The molecule has 1 fully saturated rings. The maximum atomic E-state index is 13.3. The first-order chi connectivity index (χ1) is 19.1. The summed E-state index contributed by atoms with van der Waals surface area (Å²) < 4.78 is 39.1. The van der Waals surface area contributed by atoms with Crippen molar-refractivity contribution in [2.75, 3.05) is 50.5 Å². The SMILES string of the molecule is COC(=O)Nc1nc(C)c(S(=O)(=O)N2CCN(CC(C)Nc3ncnc4c(-c5c(C)noc5C)csc34)CC2)s1. The first-order valence-corrected chi connectivity index (χ1v) is 15.7. The lowest BCUT2D eigenvalue weighted by Gasteiger charge is -2.35. The van der Waals surface area contributed by atoms with E-state index < -0.39 is 16.1 Å². The van der Waals surface area contributed by atoms with E-state index in [1.165, 1.54) is 11.4 Å². The fourth-order valence-electron chi connectivity index (χ4n) is 4.75. The van der Waals surface area contributed by atoms with Gasteiger partial charge in [-0.2, -0.15) is 4.31 Å². The van der Waals surface area contributed by atoms with E-state index in [1.54, 1.807) is 24.6 Å². The summed E-state index contributed by atoms with van der Waals surface area (Å²) in [4.78, 5) is 26.9. The first-order valence-electron chi connectivity index (χ1n) is 12.5. The van der Waals surface area contributed by atoms with Crippen molar-refractivity contribution in [2.24, 2.45) is 0 Å². The lowest BCUT2D eigenvalue weighted by Crippen LogP contribution is -2.50. The Morgan fingerprint density at radius 1 is 1.18 bits per heavy atom. The molecule has 0 spiro atoms. The molecule has 1 aliphatic rings. The third-order valence-corrected chi connectivity index (χ3v) is 11.2. The highest BCUT2D eigenvalue weighted by Crippen LogP contribution is 2.38. The number of nitrogens with one attached hydrogen (secondary N) is 2. The summed E-state index contributed by atoms with van der Waals surface area (Å²) in [5.74, 6) is 1.52. The first kappa shape index (κ1) is 28.4. The van der Waals surface area contributed by atoms with Gasteiger partial charge < -0.3 is 14.6 Å². The number of rotatable bonds is 8. The molecule has 40 heavy (non-hydrogen) atoms. The van der Waals surface area contributed by atoms with Gasteiger partial charge in [-0.1, -0.05) is 16.5 Å². The third-order valence-electron chi connectivity index (χ3n) is 6.63. The van der Waals surface area contributed by atoms with E-state index in [2.05, 4.69) is 52.7 Å². The van der Waals surface area contributed by atoms with Gasteiger partial charge in [0, 0.05) is 49.7 Å². The van der Waals surface area contributed by atoms with Crippen molar-refractivity contribution < 1.29 is 22.5 Å². The highest BCUT2D eigenvalue weighted by atomic mass is 32.2. The molecule has 4 aromatic heterocycles. The van der Waals surface area contributed by atoms with Gasteiger partial charge in [0.15, 0.2) is 9.34 Å². The van der Waals surface area contributed by atoms with E-state index in [-0.39, 0.29) is 15.4 Å². The number of nitrogens with zero attached hydrogens (tertiary/aromatic N) is 6. The van der Waals surface area contributed by atoms with Crippen LogP contribution in [0.25, 0.3) is 21.3 Å². The Labute approximate surface area is 239 Å². The summed E-state index contributed by atoms with van der Waals surface area (Å²) in [6.45, 7) is 10.1. The number of aryl methyl sites for hydroxylation is 3. The van der Waals surface area contributed by atoms with Crippen LogP contribution in [0.4, 0.5) is 15.7 Å². The average Bonchev–Trinajstić information content (AvgIpc) is 3.61. The molecule has 1 amide bonds. The van der Waals surface area contributed by atoms with Crippen molar-refractivity contribution in [3.05, 3.63) is 28.9 Å². The third kappa shape index (κ3) is 5.54. The standard InChI is InChI=1S/C24H30N8O5S3/c1-13(27-21-20-19(25-12-26-21)17(11-38-20)18-14(2)30-37-16(18)4)10-31-6-8-32(9-7-31)40(34,35)22-15(3)28-23(39-22)29-24(33)36-5/h11-13H,6-10H2,1-5H3,(H,25,26,27)(H,28,29,33). The predicted octanol–water partition coefficient (Wildman–Crippen LogP) is 3.71. The summed E-state index contributed by atoms with van der Waals surface area (Å²) in [6, 6.07) is 0.0570. The highest BCUT2D eigenvalue weighted by molar-refractivity contribution is 7.91. The Bertz CT molecular complexity index is 1620. The summed E-state index contributed by atoms with van der Waals surface area (Å²) in [6.07, 6.45) is 0.861. The van der Waals surface area contributed by atoms with Gasteiger partial charge in [-0.3, -0.25) is 10.2 Å². The minimum Gasteiger partial charge on any atom is -0.453 e. The molecule has 0 aliphatic carbocycles. The zero-order chi connectivity index (χ0) is 28.6. The number of ether oxygens (including phenoxy) is 1. The predicted molar refractivity (Wildman–Crippen MR) is 154 cm³/mol. The zero-order valence-electron chi connectivity index (χ0n) is 22.7. The van der Waals surface area contributed by atoms with E-state index in [4.69, 9.17) is 4.52 Å². The molecule has 13 nitrogen and oxygen atoms in total. The van der Waals surface area contributed by atoms with Crippen molar-refractivity contribution in [1.29, 1.82) is 0 Å². The minimum absolute atomic E-state index is 0.0570. The number of thiophene rings is 1. The van der Waals surface area contributed by atoms with E-state index in [1.807, 2.05) is 13.8 Å². The number of anilines is 2. The van der Waals surface area contributed by atoms with Crippen LogP contribution < -0.4 is 10.6 Å². The highest BCUT2D eigenvalue weighted by Gasteiger charge is 2.32. The number of carbonyl (C=O) groups is 1. The lowest BCUT2D eigenvalue weighted by molar-refractivity contribution is 0.184. The normalized spacial score (nSPS) is 15.8. The Balaban J connectivity index is 1.21. The fourth-order valence-corrected chi connectivity index (χ4v) is 8.67.